The summed E-state index contributed by atoms with van der Waals surface area (Å²) in [5, 5.41) is 3.80. The second-order valence-electron chi connectivity index (χ2n) is 5.67. The van der Waals surface area contributed by atoms with E-state index in [1.54, 1.807) is 0 Å². The smallest absolute Gasteiger partial charge is 0.222 e. The van der Waals surface area contributed by atoms with E-state index in [9.17, 15) is 4.79 Å². The summed E-state index contributed by atoms with van der Waals surface area (Å²) in [6.07, 6.45) is 0. The summed E-state index contributed by atoms with van der Waals surface area (Å²) in [6.45, 7) is 4.44. The Morgan fingerprint density at radius 2 is 1.81 bits per heavy atom. The molecular formula is C13H11Cl4NO2S. The molecule has 3 nitrogen and oxygen atoms in total. The first-order chi connectivity index (χ1) is 9.73. The maximum Gasteiger partial charge on any atom is 0.222 e. The van der Waals surface area contributed by atoms with Crippen molar-refractivity contribution in [1.82, 2.24) is 5.32 Å². The van der Waals surface area contributed by atoms with E-state index in [4.69, 9.17) is 51.1 Å². The monoisotopic (exact) mass is 385 g/mol. The van der Waals surface area contributed by atoms with Crippen molar-refractivity contribution >= 4 is 63.3 Å². The van der Waals surface area contributed by atoms with Crippen molar-refractivity contribution in [2.75, 3.05) is 6.61 Å². The third kappa shape index (κ3) is 2.49. The summed E-state index contributed by atoms with van der Waals surface area (Å²) in [5.41, 5.74) is 0.234. The minimum absolute atomic E-state index is 0.127. The third-order valence-electron chi connectivity index (χ3n) is 3.48. The summed E-state index contributed by atoms with van der Waals surface area (Å²) in [6, 6.07) is 0. The van der Waals surface area contributed by atoms with Gasteiger partial charge in [0.25, 0.3) is 0 Å². The fourth-order valence-electron chi connectivity index (χ4n) is 2.47. The van der Waals surface area contributed by atoms with Crippen LogP contribution in [0.15, 0.2) is 31.6 Å². The first-order valence-corrected chi connectivity index (χ1v) is 8.59. The third-order valence-corrected chi connectivity index (χ3v) is 6.73. The Bertz CT molecular complexity index is 638. The van der Waals surface area contributed by atoms with Gasteiger partial charge in [0.15, 0.2) is 5.88 Å². The quantitative estimate of drug-likeness (QED) is 0.631. The van der Waals surface area contributed by atoms with Crippen LogP contribution < -0.4 is 5.32 Å². The normalized spacial score (nSPS) is 35.0. The number of carbonyl (C=O) groups excluding carboxylic acids is 1. The van der Waals surface area contributed by atoms with Gasteiger partial charge in [0.05, 0.1) is 31.5 Å². The van der Waals surface area contributed by atoms with Crippen LogP contribution in [0.1, 0.15) is 13.8 Å². The van der Waals surface area contributed by atoms with E-state index in [0.29, 0.717) is 28.1 Å². The molecule has 0 spiro atoms. The average molecular weight is 387 g/mol. The number of halogens is 4. The predicted octanol–water partition coefficient (Wildman–Crippen LogP) is 4.25. The number of ether oxygens (including phenoxy) is 1. The molecule has 1 aliphatic carbocycles. The predicted molar refractivity (Wildman–Crippen MR) is 87.5 cm³/mol. The highest BCUT2D eigenvalue weighted by Gasteiger charge is 2.50. The van der Waals surface area contributed by atoms with E-state index in [1.165, 1.54) is 0 Å². The molecule has 3 rings (SSSR count). The maximum atomic E-state index is 12.4. The molecule has 2 saturated heterocycles. The van der Waals surface area contributed by atoms with Crippen LogP contribution in [-0.4, -0.2) is 22.5 Å². The molecule has 2 atom stereocenters. The standard InChI is InChI=1S/C13H11Cl4NO2S/c1-13(2)3-20-11(18-13)5-4-6(14)7(15)8(16)9(17)10(4)21-12(5)19/h4,10,18H,3H2,1-2H3/b11-5-. The zero-order chi connectivity index (χ0) is 15.5. The van der Waals surface area contributed by atoms with Crippen molar-refractivity contribution in [3.8, 4) is 0 Å². The highest BCUT2D eigenvalue weighted by molar-refractivity contribution is 8.15. The molecule has 2 unspecified atom stereocenters. The molecule has 2 aliphatic heterocycles. The summed E-state index contributed by atoms with van der Waals surface area (Å²) in [7, 11) is 0. The van der Waals surface area contributed by atoms with E-state index in [0.717, 1.165) is 11.8 Å². The molecular weight excluding hydrogens is 376 g/mol. The average Bonchev–Trinajstić information content (AvgIpc) is 2.93. The van der Waals surface area contributed by atoms with Crippen molar-refractivity contribution in [2.24, 2.45) is 5.92 Å². The topological polar surface area (TPSA) is 38.3 Å². The minimum Gasteiger partial charge on any atom is -0.476 e. The Morgan fingerprint density at radius 1 is 1.19 bits per heavy atom. The van der Waals surface area contributed by atoms with Crippen molar-refractivity contribution < 1.29 is 9.53 Å². The molecule has 2 heterocycles. The zero-order valence-corrected chi connectivity index (χ0v) is 14.9. The van der Waals surface area contributed by atoms with Gasteiger partial charge in [-0.15, -0.1) is 0 Å². The lowest BCUT2D eigenvalue weighted by atomic mass is 9.92. The number of rotatable bonds is 0. The van der Waals surface area contributed by atoms with E-state index in [2.05, 4.69) is 5.32 Å². The Morgan fingerprint density at radius 3 is 2.38 bits per heavy atom. The van der Waals surface area contributed by atoms with Gasteiger partial charge in [-0.3, -0.25) is 4.79 Å². The molecule has 0 amide bonds. The fourth-order valence-corrected chi connectivity index (χ4v) is 5.03. The second-order valence-corrected chi connectivity index (χ2v) is 8.35. The Hall–Kier alpha value is -0.000000000000000167. The second kappa shape index (κ2) is 5.27. The highest BCUT2D eigenvalue weighted by Crippen LogP contribution is 2.55. The fraction of sp³-hybridized carbons (Fsp3) is 0.462. The van der Waals surface area contributed by atoms with Crippen LogP contribution in [-0.2, 0) is 9.53 Å². The minimum atomic E-state index is -0.428. The molecule has 0 bridgehead atoms. The molecule has 0 saturated carbocycles. The Labute approximate surface area is 146 Å². The molecule has 0 aromatic heterocycles. The lowest BCUT2D eigenvalue weighted by Gasteiger charge is -2.25. The number of carbonyl (C=O) groups is 1. The molecule has 0 aromatic carbocycles. The number of hydrogen-bond acceptors (Lipinski definition) is 4. The molecule has 114 valence electrons. The summed E-state index contributed by atoms with van der Waals surface area (Å²) in [4.78, 5) is 12.4. The van der Waals surface area contributed by atoms with Crippen LogP contribution in [0.5, 0.6) is 0 Å². The van der Waals surface area contributed by atoms with Gasteiger partial charge in [-0.1, -0.05) is 58.2 Å². The molecule has 21 heavy (non-hydrogen) atoms. The maximum absolute atomic E-state index is 12.4. The molecule has 1 N–H and O–H groups in total. The van der Waals surface area contributed by atoms with Crippen molar-refractivity contribution in [3.05, 3.63) is 31.6 Å². The number of thioether (sulfide) groups is 1. The van der Waals surface area contributed by atoms with E-state index in [1.807, 2.05) is 13.8 Å². The van der Waals surface area contributed by atoms with Crippen LogP contribution in [0.2, 0.25) is 0 Å². The van der Waals surface area contributed by atoms with Crippen LogP contribution in [0, 0.1) is 5.92 Å². The van der Waals surface area contributed by atoms with Gasteiger partial charge in [0.1, 0.15) is 6.61 Å². The summed E-state index contributed by atoms with van der Waals surface area (Å²) < 4.78 is 5.64. The van der Waals surface area contributed by atoms with Gasteiger partial charge in [0.2, 0.25) is 5.12 Å². The van der Waals surface area contributed by atoms with Gasteiger partial charge >= 0.3 is 0 Å². The van der Waals surface area contributed by atoms with Crippen LogP contribution in [0.4, 0.5) is 0 Å². The Kier molecular flexibility index (Phi) is 3.99. The van der Waals surface area contributed by atoms with E-state index >= 15 is 0 Å². The van der Waals surface area contributed by atoms with Gasteiger partial charge in [0, 0.05) is 11.0 Å². The SMILES string of the molecule is CC1(C)CO/C(=C2\C(=O)SC3C(Cl)=C(Cl)C(Cl)=C(Cl)C23)N1. The number of fused-ring (bicyclic) bond motifs is 1. The Balaban J connectivity index is 2.11. The van der Waals surface area contributed by atoms with E-state index in [-0.39, 0.29) is 26.0 Å². The van der Waals surface area contributed by atoms with Gasteiger partial charge < -0.3 is 10.1 Å². The van der Waals surface area contributed by atoms with Crippen molar-refractivity contribution in [1.29, 1.82) is 0 Å². The van der Waals surface area contributed by atoms with Gasteiger partial charge in [-0.2, -0.15) is 0 Å². The first-order valence-electron chi connectivity index (χ1n) is 6.20. The summed E-state index contributed by atoms with van der Waals surface area (Å²) >= 11 is 25.8. The van der Waals surface area contributed by atoms with Gasteiger partial charge in [-0.05, 0) is 13.8 Å². The van der Waals surface area contributed by atoms with Gasteiger partial charge in [-0.25, -0.2) is 0 Å². The number of nitrogens with one attached hydrogen (secondary N) is 1. The molecule has 2 fully saturated rings. The molecule has 3 aliphatic rings. The van der Waals surface area contributed by atoms with Crippen LogP contribution in [0.3, 0.4) is 0 Å². The highest BCUT2D eigenvalue weighted by atomic mass is 35.5. The van der Waals surface area contributed by atoms with Crippen molar-refractivity contribution in [2.45, 2.75) is 24.6 Å². The van der Waals surface area contributed by atoms with Crippen LogP contribution >= 0.6 is 58.2 Å². The lowest BCUT2D eigenvalue weighted by Crippen LogP contribution is -2.35. The van der Waals surface area contributed by atoms with Crippen LogP contribution in [0.25, 0.3) is 0 Å². The largest absolute Gasteiger partial charge is 0.476 e. The molecule has 0 aromatic rings. The number of hydrogen-bond donors (Lipinski definition) is 1. The first kappa shape index (κ1) is 15.9. The lowest BCUT2D eigenvalue weighted by molar-refractivity contribution is -0.108. The summed E-state index contributed by atoms with van der Waals surface area (Å²) in [5.74, 6) is 0.0261. The molecule has 8 heteroatoms. The van der Waals surface area contributed by atoms with E-state index < -0.39 is 5.92 Å². The molecule has 0 radical (unpaired) electrons. The number of allylic oxidation sites excluding steroid dienone is 3. The zero-order valence-electron chi connectivity index (χ0n) is 11.1. The van der Waals surface area contributed by atoms with Crippen molar-refractivity contribution in [3.63, 3.8) is 0 Å².